The van der Waals surface area contributed by atoms with Crippen molar-refractivity contribution in [1.82, 2.24) is 0 Å². The number of carbonyl (C=O) groups is 1. The molecule has 1 aromatic rings. The van der Waals surface area contributed by atoms with Gasteiger partial charge in [-0.25, -0.2) is 4.79 Å². The molecule has 0 spiro atoms. The van der Waals surface area contributed by atoms with E-state index in [4.69, 9.17) is 9.47 Å². The molecule has 0 heterocycles. The number of aliphatic hydroxyl groups is 1. The van der Waals surface area contributed by atoms with Crippen LogP contribution >= 0.6 is 0 Å². The van der Waals surface area contributed by atoms with E-state index in [0.29, 0.717) is 11.3 Å². The van der Waals surface area contributed by atoms with Gasteiger partial charge in [-0.15, -0.1) is 0 Å². The molecule has 0 aromatic heterocycles. The predicted octanol–water partition coefficient (Wildman–Crippen LogP) is 0.917. The Kier molecular flexibility index (Phi) is 4.93. The van der Waals surface area contributed by atoms with Crippen molar-refractivity contribution in [3.63, 3.8) is 0 Å². The largest absolute Gasteiger partial charge is 0.497 e. The molecule has 1 rings (SSSR count). The highest BCUT2D eigenvalue weighted by Gasteiger charge is 2.28. The van der Waals surface area contributed by atoms with Crippen LogP contribution in [0.3, 0.4) is 0 Å². The number of ether oxygens (including phenoxy) is 3. The summed E-state index contributed by atoms with van der Waals surface area (Å²) in [5.41, 5.74) is 0.529. The van der Waals surface area contributed by atoms with Crippen molar-refractivity contribution < 1.29 is 24.1 Å². The first-order valence-corrected chi connectivity index (χ1v) is 5.06. The van der Waals surface area contributed by atoms with Crippen LogP contribution in [0, 0.1) is 0 Å². The summed E-state index contributed by atoms with van der Waals surface area (Å²) in [6.45, 7) is 0. The molecule has 2 unspecified atom stereocenters. The molecule has 5 heteroatoms. The fourth-order valence-electron chi connectivity index (χ4n) is 1.47. The Balaban J connectivity index is 2.92. The fourth-order valence-corrected chi connectivity index (χ4v) is 1.47. The van der Waals surface area contributed by atoms with Gasteiger partial charge in [-0.1, -0.05) is 12.1 Å². The van der Waals surface area contributed by atoms with Crippen molar-refractivity contribution >= 4 is 5.97 Å². The van der Waals surface area contributed by atoms with E-state index in [1.54, 1.807) is 24.3 Å². The fraction of sp³-hybridized carbons (Fsp3) is 0.417. The zero-order valence-electron chi connectivity index (χ0n) is 10.0. The van der Waals surface area contributed by atoms with Crippen LogP contribution in [0.1, 0.15) is 11.7 Å². The van der Waals surface area contributed by atoms with Crippen molar-refractivity contribution in [2.24, 2.45) is 0 Å². The molecule has 0 saturated carbocycles. The van der Waals surface area contributed by atoms with Gasteiger partial charge >= 0.3 is 5.97 Å². The highest BCUT2D eigenvalue weighted by Crippen LogP contribution is 2.23. The maximum absolute atomic E-state index is 11.4. The van der Waals surface area contributed by atoms with Crippen LogP contribution in [0.4, 0.5) is 0 Å². The quantitative estimate of drug-likeness (QED) is 0.775. The maximum Gasteiger partial charge on any atom is 0.338 e. The minimum atomic E-state index is -1.09. The van der Waals surface area contributed by atoms with Crippen LogP contribution < -0.4 is 4.74 Å². The topological polar surface area (TPSA) is 65.0 Å². The molecule has 0 aliphatic carbocycles. The van der Waals surface area contributed by atoms with Crippen LogP contribution in [0.2, 0.25) is 0 Å². The number of esters is 1. The number of carbonyl (C=O) groups excluding carboxylic acids is 1. The SMILES string of the molecule is COC(=O)C(OC)C(O)c1cccc(OC)c1. The number of hydrogen-bond donors (Lipinski definition) is 1. The molecule has 1 N–H and O–H groups in total. The third kappa shape index (κ3) is 3.18. The Morgan fingerprint density at radius 2 is 2.00 bits per heavy atom. The Bertz CT molecular complexity index is 377. The van der Waals surface area contributed by atoms with Gasteiger partial charge in [-0.3, -0.25) is 0 Å². The Morgan fingerprint density at radius 1 is 1.29 bits per heavy atom. The van der Waals surface area contributed by atoms with E-state index in [1.165, 1.54) is 21.3 Å². The van der Waals surface area contributed by atoms with Gasteiger partial charge in [-0.05, 0) is 17.7 Å². The summed E-state index contributed by atoms with van der Waals surface area (Å²) >= 11 is 0. The molecule has 0 amide bonds. The van der Waals surface area contributed by atoms with E-state index in [9.17, 15) is 9.90 Å². The van der Waals surface area contributed by atoms with E-state index in [-0.39, 0.29) is 0 Å². The molecule has 0 aliphatic heterocycles. The molecule has 0 bridgehead atoms. The highest BCUT2D eigenvalue weighted by atomic mass is 16.6. The van der Waals surface area contributed by atoms with Gasteiger partial charge in [0.15, 0.2) is 6.10 Å². The third-order valence-corrected chi connectivity index (χ3v) is 2.41. The Morgan fingerprint density at radius 3 is 2.53 bits per heavy atom. The first-order chi connectivity index (χ1) is 8.13. The van der Waals surface area contributed by atoms with Gasteiger partial charge in [0.1, 0.15) is 11.9 Å². The highest BCUT2D eigenvalue weighted by molar-refractivity contribution is 5.75. The normalized spacial score (nSPS) is 13.9. The molecule has 0 saturated heterocycles. The number of rotatable bonds is 5. The summed E-state index contributed by atoms with van der Waals surface area (Å²) in [6, 6.07) is 6.79. The second kappa shape index (κ2) is 6.22. The monoisotopic (exact) mass is 240 g/mol. The number of methoxy groups -OCH3 is 3. The average Bonchev–Trinajstić information content (AvgIpc) is 2.39. The molecular formula is C12H16O5. The standard InChI is InChI=1S/C12H16O5/c1-15-9-6-4-5-8(7-9)10(13)11(16-2)12(14)17-3/h4-7,10-11,13H,1-3H3. The van der Waals surface area contributed by atoms with Gasteiger partial charge in [0.25, 0.3) is 0 Å². The first kappa shape index (κ1) is 13.5. The molecule has 0 aliphatic rings. The van der Waals surface area contributed by atoms with Crippen LogP contribution in [-0.4, -0.2) is 38.5 Å². The van der Waals surface area contributed by atoms with E-state index >= 15 is 0 Å². The van der Waals surface area contributed by atoms with Crippen molar-refractivity contribution in [1.29, 1.82) is 0 Å². The van der Waals surface area contributed by atoms with E-state index in [2.05, 4.69) is 4.74 Å². The first-order valence-electron chi connectivity index (χ1n) is 5.06. The van der Waals surface area contributed by atoms with Crippen LogP contribution in [0.25, 0.3) is 0 Å². The lowest BCUT2D eigenvalue weighted by Gasteiger charge is -2.19. The van der Waals surface area contributed by atoms with Crippen molar-refractivity contribution in [3.05, 3.63) is 29.8 Å². The second-order valence-electron chi connectivity index (χ2n) is 3.40. The molecule has 5 nitrogen and oxygen atoms in total. The van der Waals surface area contributed by atoms with Gasteiger partial charge < -0.3 is 19.3 Å². The van der Waals surface area contributed by atoms with Crippen LogP contribution in [-0.2, 0) is 14.3 Å². The predicted molar refractivity (Wildman–Crippen MR) is 60.8 cm³/mol. The second-order valence-corrected chi connectivity index (χ2v) is 3.40. The van der Waals surface area contributed by atoms with Gasteiger partial charge in [0.05, 0.1) is 14.2 Å². The summed E-state index contributed by atoms with van der Waals surface area (Å²) in [5.74, 6) is -0.0240. The lowest BCUT2D eigenvalue weighted by Crippen LogP contribution is -2.31. The molecule has 17 heavy (non-hydrogen) atoms. The van der Waals surface area contributed by atoms with Crippen LogP contribution in [0.15, 0.2) is 24.3 Å². The zero-order chi connectivity index (χ0) is 12.8. The van der Waals surface area contributed by atoms with Crippen LogP contribution in [0.5, 0.6) is 5.75 Å². The van der Waals surface area contributed by atoms with Gasteiger partial charge in [-0.2, -0.15) is 0 Å². The summed E-state index contributed by atoms with van der Waals surface area (Å²) in [6.07, 6.45) is -2.14. The molecule has 0 radical (unpaired) electrons. The smallest absolute Gasteiger partial charge is 0.338 e. The van der Waals surface area contributed by atoms with E-state index < -0.39 is 18.2 Å². The number of benzene rings is 1. The average molecular weight is 240 g/mol. The lowest BCUT2D eigenvalue weighted by atomic mass is 10.0. The van der Waals surface area contributed by atoms with Gasteiger partial charge in [0.2, 0.25) is 0 Å². The lowest BCUT2D eigenvalue weighted by molar-refractivity contribution is -0.159. The minimum absolute atomic E-state index is 0.529. The summed E-state index contributed by atoms with van der Waals surface area (Å²) in [4.78, 5) is 11.4. The molecule has 1 aromatic carbocycles. The molecule has 2 atom stereocenters. The van der Waals surface area contributed by atoms with E-state index in [1.807, 2.05) is 0 Å². The number of hydrogen-bond acceptors (Lipinski definition) is 5. The van der Waals surface area contributed by atoms with Gasteiger partial charge in [0, 0.05) is 7.11 Å². The Hall–Kier alpha value is -1.59. The number of aliphatic hydroxyl groups excluding tert-OH is 1. The van der Waals surface area contributed by atoms with Crippen molar-refractivity contribution in [3.8, 4) is 5.75 Å². The summed E-state index contributed by atoms with van der Waals surface area (Å²) < 4.78 is 14.5. The maximum atomic E-state index is 11.4. The minimum Gasteiger partial charge on any atom is -0.497 e. The van der Waals surface area contributed by atoms with Crippen molar-refractivity contribution in [2.45, 2.75) is 12.2 Å². The van der Waals surface area contributed by atoms with Crippen molar-refractivity contribution in [2.75, 3.05) is 21.3 Å². The molecule has 94 valence electrons. The molecule has 0 fully saturated rings. The zero-order valence-corrected chi connectivity index (χ0v) is 10.0. The summed E-state index contributed by atoms with van der Waals surface area (Å²) in [5, 5.41) is 10.0. The molecular weight excluding hydrogens is 224 g/mol. The summed E-state index contributed by atoms with van der Waals surface area (Å²) in [7, 11) is 4.11. The Labute approximate surface area is 99.9 Å². The van der Waals surface area contributed by atoms with E-state index in [0.717, 1.165) is 0 Å². The third-order valence-electron chi connectivity index (χ3n) is 2.41.